The van der Waals surface area contributed by atoms with Crippen molar-refractivity contribution in [2.45, 2.75) is 25.8 Å². The second-order valence-electron chi connectivity index (χ2n) is 7.17. The summed E-state index contributed by atoms with van der Waals surface area (Å²) in [5, 5.41) is 6.26. The van der Waals surface area contributed by atoms with Gasteiger partial charge in [0.2, 0.25) is 0 Å². The minimum atomic E-state index is -0.823. The molecule has 1 saturated carbocycles. The topological polar surface area (TPSA) is 92.2 Å². The van der Waals surface area contributed by atoms with Crippen LogP contribution in [0.25, 0.3) is 10.9 Å². The number of hydrogen-bond donors (Lipinski definition) is 3. The lowest BCUT2D eigenvalue weighted by molar-refractivity contribution is -0.136. The number of carbonyl (C=O) groups is 3. The lowest BCUT2D eigenvalue weighted by atomic mass is 10.2. The average Bonchev–Trinajstić information content (AvgIpc) is 3.44. The highest BCUT2D eigenvalue weighted by Crippen LogP contribution is 2.25. The van der Waals surface area contributed by atoms with E-state index in [2.05, 4.69) is 47.9 Å². The molecule has 1 aromatic heterocycles. The van der Waals surface area contributed by atoms with Crippen LogP contribution < -0.4 is 16.1 Å². The quantitative estimate of drug-likeness (QED) is 0.441. The van der Waals surface area contributed by atoms with Gasteiger partial charge in [-0.05, 0) is 67.8 Å². The van der Waals surface area contributed by atoms with Crippen LogP contribution in [0, 0.1) is 6.92 Å². The van der Waals surface area contributed by atoms with Crippen LogP contribution in [0.1, 0.15) is 28.9 Å². The van der Waals surface area contributed by atoms with Gasteiger partial charge in [0, 0.05) is 26.1 Å². The maximum Gasteiger partial charge on any atom is 0.328 e. The van der Waals surface area contributed by atoms with Crippen LogP contribution in [0.5, 0.6) is 0 Å². The second kappa shape index (κ2) is 8.23. The molecule has 0 spiro atoms. The monoisotopic (exact) mass is 532 g/mol. The average molecular weight is 534 g/mol. The van der Waals surface area contributed by atoms with Crippen LogP contribution in [-0.2, 0) is 9.59 Å². The Hall–Kier alpha value is -2.65. The zero-order valence-corrected chi connectivity index (χ0v) is 19.1. The first-order valence-electron chi connectivity index (χ1n) is 9.32. The van der Waals surface area contributed by atoms with Crippen molar-refractivity contribution in [3.8, 4) is 0 Å². The summed E-state index contributed by atoms with van der Waals surface area (Å²) in [5.41, 5.74) is 4.90. The van der Waals surface area contributed by atoms with Gasteiger partial charge >= 0.3 is 11.8 Å². The largest absolute Gasteiger partial charge is 0.345 e. The van der Waals surface area contributed by atoms with E-state index in [0.29, 0.717) is 11.2 Å². The molecule has 0 saturated heterocycles. The molecule has 1 aliphatic rings. The standard InChI is InChI=1S/C21H18Br2N4O3/c1-11-8-13(22)2-6-16(11)25-19(28)18-10-12-9-14(23)3-7-17(12)27(18)26-21(30)20(29)24-15-4-5-15/h2-3,6-10,15H,4-5H2,1H3,(H,24,29)(H,25,28)(H,26,30). The lowest BCUT2D eigenvalue weighted by Crippen LogP contribution is -2.40. The summed E-state index contributed by atoms with van der Waals surface area (Å²) < 4.78 is 3.09. The molecular weight excluding hydrogens is 516 g/mol. The summed E-state index contributed by atoms with van der Waals surface area (Å²) in [6, 6.07) is 12.7. The summed E-state index contributed by atoms with van der Waals surface area (Å²) in [6.45, 7) is 1.89. The van der Waals surface area contributed by atoms with E-state index >= 15 is 0 Å². The molecule has 1 fully saturated rings. The molecule has 2 aromatic carbocycles. The number of nitrogens with one attached hydrogen (secondary N) is 3. The lowest BCUT2D eigenvalue weighted by Gasteiger charge is -2.13. The fourth-order valence-electron chi connectivity index (χ4n) is 3.06. The number of benzene rings is 2. The maximum atomic E-state index is 13.1. The van der Waals surface area contributed by atoms with Gasteiger partial charge in [-0.25, -0.2) is 4.68 Å². The molecule has 154 valence electrons. The first-order chi connectivity index (χ1) is 14.3. The van der Waals surface area contributed by atoms with Gasteiger partial charge in [-0.2, -0.15) is 0 Å². The Morgan fingerprint density at radius 2 is 1.67 bits per heavy atom. The van der Waals surface area contributed by atoms with E-state index < -0.39 is 17.7 Å². The number of hydrogen-bond acceptors (Lipinski definition) is 3. The molecule has 0 atom stereocenters. The molecule has 0 bridgehead atoms. The van der Waals surface area contributed by atoms with Gasteiger partial charge in [0.05, 0.1) is 5.52 Å². The fourth-order valence-corrected chi connectivity index (χ4v) is 3.91. The molecule has 3 amide bonds. The molecule has 1 heterocycles. The van der Waals surface area contributed by atoms with Gasteiger partial charge in [0.1, 0.15) is 5.69 Å². The molecule has 7 nitrogen and oxygen atoms in total. The Labute approximate surface area is 189 Å². The van der Waals surface area contributed by atoms with E-state index in [1.807, 2.05) is 25.1 Å². The number of nitrogens with zero attached hydrogens (tertiary/aromatic N) is 1. The van der Waals surface area contributed by atoms with Crippen LogP contribution >= 0.6 is 31.9 Å². The van der Waals surface area contributed by atoms with Gasteiger partial charge in [0.15, 0.2) is 0 Å². The van der Waals surface area contributed by atoms with Crippen LogP contribution in [0.3, 0.4) is 0 Å². The number of halogens is 2. The minimum absolute atomic E-state index is 0.0590. The summed E-state index contributed by atoms with van der Waals surface area (Å²) in [5.74, 6) is -1.95. The number of rotatable bonds is 4. The van der Waals surface area contributed by atoms with Crippen molar-refractivity contribution in [3.05, 3.63) is 62.7 Å². The third-order valence-corrected chi connectivity index (χ3v) is 5.75. The van der Waals surface area contributed by atoms with Crippen molar-refractivity contribution < 1.29 is 14.4 Å². The number of anilines is 1. The first kappa shape index (κ1) is 20.6. The van der Waals surface area contributed by atoms with Crippen molar-refractivity contribution in [1.29, 1.82) is 0 Å². The predicted octanol–water partition coefficient (Wildman–Crippen LogP) is 4.08. The first-order valence-corrected chi connectivity index (χ1v) is 10.9. The zero-order chi connectivity index (χ0) is 21.4. The Bertz CT molecular complexity index is 1180. The summed E-state index contributed by atoms with van der Waals surface area (Å²) in [6.07, 6.45) is 1.75. The van der Waals surface area contributed by atoms with E-state index in [1.54, 1.807) is 24.3 Å². The third-order valence-electron chi connectivity index (χ3n) is 4.77. The highest BCUT2D eigenvalue weighted by Gasteiger charge is 2.27. The van der Waals surface area contributed by atoms with E-state index in [-0.39, 0.29) is 11.7 Å². The van der Waals surface area contributed by atoms with Crippen molar-refractivity contribution in [2.75, 3.05) is 10.7 Å². The van der Waals surface area contributed by atoms with Crippen molar-refractivity contribution in [2.24, 2.45) is 0 Å². The zero-order valence-electron chi connectivity index (χ0n) is 16.0. The second-order valence-corrected chi connectivity index (χ2v) is 9.00. The molecule has 0 unspecified atom stereocenters. The smallest absolute Gasteiger partial charge is 0.328 e. The van der Waals surface area contributed by atoms with Crippen LogP contribution in [0.15, 0.2) is 51.4 Å². The molecule has 0 aliphatic heterocycles. The Morgan fingerprint density at radius 3 is 2.37 bits per heavy atom. The van der Waals surface area contributed by atoms with Crippen LogP contribution in [0.2, 0.25) is 0 Å². The summed E-state index contributed by atoms with van der Waals surface area (Å²) >= 11 is 6.82. The highest BCUT2D eigenvalue weighted by molar-refractivity contribution is 9.10. The van der Waals surface area contributed by atoms with Gasteiger partial charge in [-0.3, -0.25) is 19.8 Å². The molecular formula is C21H18Br2N4O3. The molecule has 3 aromatic rings. The van der Waals surface area contributed by atoms with E-state index in [9.17, 15) is 14.4 Å². The number of fused-ring (bicyclic) bond motifs is 1. The van der Waals surface area contributed by atoms with Gasteiger partial charge in [0.25, 0.3) is 5.91 Å². The third kappa shape index (κ3) is 4.41. The van der Waals surface area contributed by atoms with Crippen LogP contribution in [0.4, 0.5) is 5.69 Å². The Balaban J connectivity index is 1.67. The molecule has 0 radical (unpaired) electrons. The van der Waals surface area contributed by atoms with Crippen molar-refractivity contribution in [3.63, 3.8) is 0 Å². The SMILES string of the molecule is Cc1cc(Br)ccc1NC(=O)c1cc2cc(Br)ccc2n1NC(=O)C(=O)NC1CC1. The van der Waals surface area contributed by atoms with Crippen LogP contribution in [-0.4, -0.2) is 28.4 Å². The molecule has 30 heavy (non-hydrogen) atoms. The number of carbonyl (C=O) groups excluding carboxylic acids is 3. The fraction of sp³-hybridized carbons (Fsp3) is 0.190. The molecule has 1 aliphatic carbocycles. The molecule has 3 N–H and O–H groups in total. The van der Waals surface area contributed by atoms with Crippen molar-refractivity contribution >= 4 is 66.2 Å². The minimum Gasteiger partial charge on any atom is -0.345 e. The number of aryl methyl sites for hydroxylation is 1. The highest BCUT2D eigenvalue weighted by atomic mass is 79.9. The summed E-state index contributed by atoms with van der Waals surface area (Å²) in [7, 11) is 0. The van der Waals surface area contributed by atoms with Gasteiger partial charge in [-0.15, -0.1) is 0 Å². The Kier molecular flexibility index (Phi) is 5.66. The van der Waals surface area contributed by atoms with E-state index in [4.69, 9.17) is 0 Å². The van der Waals surface area contributed by atoms with Gasteiger partial charge < -0.3 is 10.6 Å². The Morgan fingerprint density at radius 1 is 0.967 bits per heavy atom. The summed E-state index contributed by atoms with van der Waals surface area (Å²) in [4.78, 5) is 37.6. The van der Waals surface area contributed by atoms with Crippen molar-refractivity contribution in [1.82, 2.24) is 9.99 Å². The van der Waals surface area contributed by atoms with Gasteiger partial charge in [-0.1, -0.05) is 31.9 Å². The predicted molar refractivity (Wildman–Crippen MR) is 122 cm³/mol. The van der Waals surface area contributed by atoms with E-state index in [1.165, 1.54) is 4.68 Å². The number of amides is 3. The van der Waals surface area contributed by atoms with E-state index in [0.717, 1.165) is 32.7 Å². The molecule has 9 heteroatoms. The molecule has 4 rings (SSSR count). The maximum absolute atomic E-state index is 13.1. The normalized spacial score (nSPS) is 13.2. The number of aromatic nitrogens is 1.